The predicted molar refractivity (Wildman–Crippen MR) is 56.9 cm³/mol. The van der Waals surface area contributed by atoms with Crippen LogP contribution in [0.3, 0.4) is 0 Å². The molecule has 1 amide bonds. The lowest BCUT2D eigenvalue weighted by Gasteiger charge is -2.14. The smallest absolute Gasteiger partial charge is 0.223 e. The minimum absolute atomic E-state index is 0.311. The topological polar surface area (TPSA) is 20.3 Å². The fraction of sp³-hybridized carbons (Fsp3) is 0.875. The summed E-state index contributed by atoms with van der Waals surface area (Å²) in [5.74, 6) is 1.26. The highest BCUT2D eigenvalue weighted by molar-refractivity contribution is 9.09. The van der Waals surface area contributed by atoms with Crippen LogP contribution in [0.25, 0.3) is 0 Å². The van der Waals surface area contributed by atoms with Crippen LogP contribution in [0.4, 0.5) is 0 Å². The van der Waals surface area contributed by atoms with Gasteiger partial charge in [0.05, 0.1) is 0 Å². The summed E-state index contributed by atoms with van der Waals surface area (Å²) in [6.07, 6.45) is 3.83. The van der Waals surface area contributed by atoms with Gasteiger partial charge in [0.2, 0.25) is 5.91 Å². The molecule has 0 bridgehead atoms. The Labute approximate surface area is 86.2 Å². The molecule has 1 atom stereocenters. The van der Waals surface area contributed by atoms with Crippen molar-refractivity contribution in [1.29, 1.82) is 0 Å². The summed E-state index contributed by atoms with van der Waals surface area (Å²) in [6, 6.07) is 0. The molecule has 0 aliphatic carbocycles. The summed E-state index contributed by atoms with van der Waals surface area (Å²) < 4.78 is 0. The van der Waals surface area contributed by atoms with Crippen LogP contribution in [0.2, 0.25) is 0 Å². The van der Waals surface area contributed by atoms with E-state index in [0.717, 1.165) is 25.3 Å². The van der Waals surface area contributed by atoms with Crippen LogP contribution in [-0.4, -0.2) is 40.7 Å². The van der Waals surface area contributed by atoms with E-state index < -0.39 is 0 Å². The fourth-order valence-corrected chi connectivity index (χ4v) is 2.22. The molecule has 0 spiro atoms. The third-order valence-corrected chi connectivity index (χ3v) is 3.36. The van der Waals surface area contributed by atoms with E-state index in [2.05, 4.69) is 15.9 Å². The van der Waals surface area contributed by atoms with Crippen molar-refractivity contribution in [1.82, 2.24) is 4.90 Å². The lowest BCUT2D eigenvalue weighted by atomic mass is 10.4. The Morgan fingerprint density at radius 3 is 3.00 bits per heavy atom. The Bertz CT molecular complexity index is 165. The number of carbonyl (C=O) groups excluding carboxylic acids is 1. The monoisotopic (exact) mass is 251 g/mol. The summed E-state index contributed by atoms with van der Waals surface area (Å²) >= 11 is 5.25. The average Bonchev–Trinajstić information content (AvgIpc) is 2.47. The molecule has 12 heavy (non-hydrogen) atoms. The normalized spacial score (nSPS) is 23.2. The minimum atomic E-state index is 0.311. The van der Waals surface area contributed by atoms with Crippen LogP contribution in [0.15, 0.2) is 0 Å². The zero-order valence-electron chi connectivity index (χ0n) is 7.25. The van der Waals surface area contributed by atoms with Crippen molar-refractivity contribution in [3.63, 3.8) is 0 Å². The Morgan fingerprint density at radius 2 is 2.50 bits per heavy atom. The highest BCUT2D eigenvalue weighted by atomic mass is 79.9. The number of rotatable bonds is 3. The van der Waals surface area contributed by atoms with E-state index in [-0.39, 0.29) is 0 Å². The number of alkyl halides is 1. The van der Waals surface area contributed by atoms with E-state index in [1.807, 2.05) is 11.2 Å². The standard InChI is InChI=1S/C8H14BrNOS/c1-12-5-3-8(11)10-4-2-7(9)6-10/h7H,2-6H2,1H3. The second-order valence-electron chi connectivity index (χ2n) is 2.97. The molecule has 1 saturated heterocycles. The molecule has 1 rings (SSSR count). The van der Waals surface area contributed by atoms with Crippen molar-refractivity contribution in [3.8, 4) is 0 Å². The Hall–Kier alpha value is 0.300. The molecule has 0 aromatic heterocycles. The van der Waals surface area contributed by atoms with Crippen molar-refractivity contribution in [2.75, 3.05) is 25.1 Å². The molecule has 0 radical (unpaired) electrons. The SMILES string of the molecule is CSCCC(=O)N1CCC(Br)C1. The molecule has 1 heterocycles. The Balaban J connectivity index is 2.23. The van der Waals surface area contributed by atoms with Gasteiger partial charge in [0, 0.05) is 30.1 Å². The molecule has 1 unspecified atom stereocenters. The van der Waals surface area contributed by atoms with Crippen molar-refractivity contribution < 1.29 is 4.79 Å². The second kappa shape index (κ2) is 5.12. The fourth-order valence-electron chi connectivity index (χ4n) is 1.29. The van der Waals surface area contributed by atoms with Crippen LogP contribution in [0.1, 0.15) is 12.8 Å². The van der Waals surface area contributed by atoms with Crippen molar-refractivity contribution in [3.05, 3.63) is 0 Å². The van der Waals surface area contributed by atoms with E-state index in [4.69, 9.17) is 0 Å². The van der Waals surface area contributed by atoms with Gasteiger partial charge in [-0.25, -0.2) is 0 Å². The molecule has 1 aliphatic heterocycles. The first-order valence-corrected chi connectivity index (χ1v) is 6.45. The molecule has 1 aliphatic rings. The summed E-state index contributed by atoms with van der Waals surface area (Å²) in [7, 11) is 0. The van der Waals surface area contributed by atoms with Crippen molar-refractivity contribution >= 4 is 33.6 Å². The quantitative estimate of drug-likeness (QED) is 0.713. The molecule has 4 heteroatoms. The summed E-state index contributed by atoms with van der Waals surface area (Å²) in [4.78, 5) is 13.9. The summed E-state index contributed by atoms with van der Waals surface area (Å²) in [5, 5.41) is 0. The number of thioether (sulfide) groups is 1. The van der Waals surface area contributed by atoms with E-state index in [1.54, 1.807) is 11.8 Å². The first kappa shape index (κ1) is 10.4. The van der Waals surface area contributed by atoms with Gasteiger partial charge >= 0.3 is 0 Å². The van der Waals surface area contributed by atoms with E-state index in [0.29, 0.717) is 17.2 Å². The third-order valence-electron chi connectivity index (χ3n) is 2.00. The van der Waals surface area contributed by atoms with Gasteiger partial charge in [0.25, 0.3) is 0 Å². The number of halogens is 1. The van der Waals surface area contributed by atoms with Gasteiger partial charge in [-0.1, -0.05) is 15.9 Å². The maximum Gasteiger partial charge on any atom is 0.223 e. The van der Waals surface area contributed by atoms with Gasteiger partial charge in [-0.2, -0.15) is 11.8 Å². The molecule has 0 saturated carbocycles. The highest BCUT2D eigenvalue weighted by Crippen LogP contribution is 2.17. The van der Waals surface area contributed by atoms with Gasteiger partial charge in [0.15, 0.2) is 0 Å². The summed E-state index contributed by atoms with van der Waals surface area (Å²) in [5.41, 5.74) is 0. The molecule has 0 N–H and O–H groups in total. The number of nitrogens with zero attached hydrogens (tertiary/aromatic N) is 1. The van der Waals surface area contributed by atoms with E-state index >= 15 is 0 Å². The van der Waals surface area contributed by atoms with E-state index in [9.17, 15) is 4.79 Å². The number of amides is 1. The average molecular weight is 252 g/mol. The molecular formula is C8H14BrNOS. The number of carbonyl (C=O) groups is 1. The van der Waals surface area contributed by atoms with E-state index in [1.165, 1.54) is 0 Å². The largest absolute Gasteiger partial charge is 0.342 e. The van der Waals surface area contributed by atoms with Crippen LogP contribution >= 0.6 is 27.7 Å². The third kappa shape index (κ3) is 2.98. The molecular weight excluding hydrogens is 238 g/mol. The molecule has 70 valence electrons. The first-order chi connectivity index (χ1) is 5.74. The van der Waals surface area contributed by atoms with Crippen LogP contribution in [0, 0.1) is 0 Å². The second-order valence-corrected chi connectivity index (χ2v) is 5.25. The van der Waals surface area contributed by atoms with Gasteiger partial charge in [-0.3, -0.25) is 4.79 Å². The Kier molecular flexibility index (Phi) is 4.43. The summed E-state index contributed by atoms with van der Waals surface area (Å²) in [6.45, 7) is 1.83. The maximum atomic E-state index is 11.4. The van der Waals surface area contributed by atoms with Gasteiger partial charge < -0.3 is 4.90 Å². The van der Waals surface area contributed by atoms with Crippen LogP contribution < -0.4 is 0 Å². The Morgan fingerprint density at radius 1 is 1.75 bits per heavy atom. The molecule has 2 nitrogen and oxygen atoms in total. The van der Waals surface area contributed by atoms with Gasteiger partial charge in [0.1, 0.15) is 0 Å². The maximum absolute atomic E-state index is 11.4. The first-order valence-electron chi connectivity index (χ1n) is 4.15. The highest BCUT2D eigenvalue weighted by Gasteiger charge is 2.23. The van der Waals surface area contributed by atoms with Gasteiger partial charge in [-0.05, 0) is 12.7 Å². The molecule has 0 aromatic carbocycles. The lowest BCUT2D eigenvalue weighted by molar-refractivity contribution is -0.129. The number of likely N-dealkylation sites (tertiary alicyclic amines) is 1. The van der Waals surface area contributed by atoms with Crippen molar-refractivity contribution in [2.45, 2.75) is 17.7 Å². The predicted octanol–water partition coefficient (Wildman–Crippen LogP) is 1.74. The lowest BCUT2D eigenvalue weighted by Crippen LogP contribution is -2.28. The number of hydrogen-bond donors (Lipinski definition) is 0. The molecule has 0 aromatic rings. The minimum Gasteiger partial charge on any atom is -0.342 e. The van der Waals surface area contributed by atoms with Crippen LogP contribution in [0.5, 0.6) is 0 Å². The zero-order valence-corrected chi connectivity index (χ0v) is 9.66. The molecule has 1 fully saturated rings. The number of hydrogen-bond acceptors (Lipinski definition) is 2. The zero-order chi connectivity index (χ0) is 8.97. The van der Waals surface area contributed by atoms with Crippen LogP contribution in [-0.2, 0) is 4.79 Å². The van der Waals surface area contributed by atoms with Gasteiger partial charge in [-0.15, -0.1) is 0 Å². The van der Waals surface area contributed by atoms with Crippen molar-refractivity contribution in [2.24, 2.45) is 0 Å².